The summed E-state index contributed by atoms with van der Waals surface area (Å²) in [5.74, 6) is 1.78. The van der Waals surface area contributed by atoms with Gasteiger partial charge in [0.05, 0.1) is 5.92 Å². The lowest BCUT2D eigenvalue weighted by Crippen LogP contribution is -2.45. The van der Waals surface area contributed by atoms with Crippen molar-refractivity contribution >= 4 is 11.7 Å². The Bertz CT molecular complexity index is 927. The molecule has 1 saturated heterocycles. The van der Waals surface area contributed by atoms with Crippen molar-refractivity contribution in [3.63, 3.8) is 0 Å². The van der Waals surface area contributed by atoms with E-state index in [1.165, 1.54) is 0 Å². The number of rotatable bonds is 6. The fraction of sp³-hybridized carbons (Fsp3) is 0.364. The van der Waals surface area contributed by atoms with E-state index in [9.17, 15) is 4.79 Å². The molecule has 3 heterocycles. The highest BCUT2D eigenvalue weighted by Gasteiger charge is 2.29. The number of nitrogens with zero attached hydrogens (tertiary/aromatic N) is 6. The molecule has 1 unspecified atom stereocenters. The summed E-state index contributed by atoms with van der Waals surface area (Å²) in [6.45, 7) is 4.98. The second-order valence-corrected chi connectivity index (χ2v) is 7.31. The maximum Gasteiger partial charge on any atom is 0.227 e. The largest absolute Gasteiger partial charge is 0.356 e. The number of aromatic nitrogens is 4. The predicted molar refractivity (Wildman–Crippen MR) is 112 cm³/mol. The topological polar surface area (TPSA) is 67.2 Å². The molecule has 150 valence electrons. The molecular weight excluding hydrogens is 364 g/mol. The molecule has 1 aliphatic heterocycles. The lowest BCUT2D eigenvalue weighted by molar-refractivity contribution is -0.136. The van der Waals surface area contributed by atoms with Crippen molar-refractivity contribution in [2.75, 3.05) is 24.5 Å². The van der Waals surface area contributed by atoms with Gasteiger partial charge in [-0.25, -0.2) is 14.6 Å². The van der Waals surface area contributed by atoms with Crippen LogP contribution < -0.4 is 4.90 Å². The van der Waals surface area contributed by atoms with Gasteiger partial charge in [0.1, 0.15) is 12.1 Å². The standard InChI is InChI=1S/C22H26N6O/c1-2-26(15-18-8-4-3-5-9-18)22(29)19-10-6-12-27(16-19)20-14-21(24-17-23-20)28-13-7-11-25-28/h3-5,7-9,11,13-14,17,19H,2,6,10,12,15-16H2,1H3. The number of carbonyl (C=O) groups excluding carboxylic acids is 1. The molecule has 4 rings (SSSR count). The van der Waals surface area contributed by atoms with Crippen molar-refractivity contribution in [1.82, 2.24) is 24.6 Å². The molecule has 3 aromatic rings. The predicted octanol–water partition coefficient (Wildman–Crippen LogP) is 2.93. The van der Waals surface area contributed by atoms with Gasteiger partial charge in [-0.1, -0.05) is 30.3 Å². The smallest absolute Gasteiger partial charge is 0.227 e. The van der Waals surface area contributed by atoms with Gasteiger partial charge in [0, 0.05) is 44.6 Å². The van der Waals surface area contributed by atoms with Crippen LogP contribution in [0.25, 0.3) is 5.82 Å². The summed E-state index contributed by atoms with van der Waals surface area (Å²) in [5.41, 5.74) is 1.16. The summed E-state index contributed by atoms with van der Waals surface area (Å²) in [4.78, 5) is 26.1. The van der Waals surface area contributed by atoms with Gasteiger partial charge in [-0.05, 0) is 31.4 Å². The van der Waals surface area contributed by atoms with E-state index in [0.717, 1.165) is 36.6 Å². The number of anilines is 1. The Balaban J connectivity index is 1.46. The molecule has 29 heavy (non-hydrogen) atoms. The number of hydrogen-bond acceptors (Lipinski definition) is 5. The van der Waals surface area contributed by atoms with Crippen LogP contribution in [0.5, 0.6) is 0 Å². The second kappa shape index (κ2) is 8.86. The zero-order valence-electron chi connectivity index (χ0n) is 16.7. The summed E-state index contributed by atoms with van der Waals surface area (Å²) in [5, 5.41) is 4.24. The number of benzene rings is 1. The van der Waals surface area contributed by atoms with Crippen molar-refractivity contribution < 1.29 is 4.79 Å². The summed E-state index contributed by atoms with van der Waals surface area (Å²) < 4.78 is 1.72. The van der Waals surface area contributed by atoms with Crippen LogP contribution in [-0.2, 0) is 11.3 Å². The maximum atomic E-state index is 13.2. The monoisotopic (exact) mass is 390 g/mol. The second-order valence-electron chi connectivity index (χ2n) is 7.31. The molecule has 1 atom stereocenters. The molecule has 0 N–H and O–H groups in total. The van der Waals surface area contributed by atoms with E-state index in [0.29, 0.717) is 19.6 Å². The summed E-state index contributed by atoms with van der Waals surface area (Å²) in [6, 6.07) is 14.0. The lowest BCUT2D eigenvalue weighted by atomic mass is 9.96. The Morgan fingerprint density at radius 3 is 2.76 bits per heavy atom. The minimum absolute atomic E-state index is 0.0180. The average molecular weight is 390 g/mol. The van der Waals surface area contributed by atoms with Gasteiger partial charge in [-0.3, -0.25) is 4.79 Å². The molecule has 0 aliphatic carbocycles. The van der Waals surface area contributed by atoms with Crippen molar-refractivity contribution in [2.45, 2.75) is 26.3 Å². The van der Waals surface area contributed by atoms with Crippen LogP contribution in [0.3, 0.4) is 0 Å². The molecule has 1 amide bonds. The maximum absolute atomic E-state index is 13.2. The number of carbonyl (C=O) groups is 1. The molecule has 0 spiro atoms. The average Bonchev–Trinajstić information content (AvgIpc) is 3.33. The minimum atomic E-state index is -0.0180. The molecule has 1 aliphatic rings. The Kier molecular flexibility index (Phi) is 5.84. The number of piperidine rings is 1. The molecule has 0 bridgehead atoms. The fourth-order valence-electron chi connectivity index (χ4n) is 3.83. The van der Waals surface area contributed by atoms with E-state index >= 15 is 0 Å². The SMILES string of the molecule is CCN(Cc1ccccc1)C(=O)C1CCCN(c2cc(-n3cccn3)ncn2)C1. The van der Waals surface area contributed by atoms with E-state index in [1.54, 1.807) is 17.2 Å². The van der Waals surface area contributed by atoms with Gasteiger partial charge >= 0.3 is 0 Å². The van der Waals surface area contributed by atoms with Gasteiger partial charge in [-0.2, -0.15) is 5.10 Å². The molecule has 1 aromatic carbocycles. The zero-order chi connectivity index (χ0) is 20.1. The van der Waals surface area contributed by atoms with Crippen LogP contribution in [-0.4, -0.2) is 50.2 Å². The third kappa shape index (κ3) is 4.45. The van der Waals surface area contributed by atoms with Gasteiger partial charge < -0.3 is 9.80 Å². The highest BCUT2D eigenvalue weighted by molar-refractivity contribution is 5.79. The zero-order valence-corrected chi connectivity index (χ0v) is 16.7. The van der Waals surface area contributed by atoms with E-state index in [-0.39, 0.29) is 11.8 Å². The van der Waals surface area contributed by atoms with Gasteiger partial charge in [0.2, 0.25) is 5.91 Å². The Labute approximate surface area is 171 Å². The summed E-state index contributed by atoms with van der Waals surface area (Å²) in [7, 11) is 0. The van der Waals surface area contributed by atoms with Crippen molar-refractivity contribution in [1.29, 1.82) is 0 Å². The van der Waals surface area contributed by atoms with Gasteiger partial charge in [-0.15, -0.1) is 0 Å². The first-order valence-corrected chi connectivity index (χ1v) is 10.1. The van der Waals surface area contributed by atoms with Crippen molar-refractivity contribution in [3.8, 4) is 5.82 Å². The Hall–Kier alpha value is -3.22. The Morgan fingerprint density at radius 2 is 2.00 bits per heavy atom. The molecule has 7 heteroatoms. The van der Waals surface area contributed by atoms with Crippen LogP contribution in [0.2, 0.25) is 0 Å². The highest BCUT2D eigenvalue weighted by atomic mass is 16.2. The van der Waals surface area contributed by atoms with E-state index in [1.807, 2.05) is 48.4 Å². The molecule has 1 fully saturated rings. The van der Waals surface area contributed by atoms with Gasteiger partial charge in [0.15, 0.2) is 5.82 Å². The molecule has 0 saturated carbocycles. The number of hydrogen-bond donors (Lipinski definition) is 0. The fourth-order valence-corrected chi connectivity index (χ4v) is 3.83. The molecule has 2 aromatic heterocycles. The van der Waals surface area contributed by atoms with Crippen LogP contribution in [0.1, 0.15) is 25.3 Å². The summed E-state index contributed by atoms with van der Waals surface area (Å²) in [6.07, 6.45) is 7.03. The van der Waals surface area contributed by atoms with E-state index in [4.69, 9.17) is 0 Å². The van der Waals surface area contributed by atoms with Crippen LogP contribution in [0.4, 0.5) is 5.82 Å². The van der Waals surface area contributed by atoms with E-state index < -0.39 is 0 Å². The Morgan fingerprint density at radius 1 is 1.17 bits per heavy atom. The quantitative estimate of drug-likeness (QED) is 0.647. The minimum Gasteiger partial charge on any atom is -0.356 e. The lowest BCUT2D eigenvalue weighted by Gasteiger charge is -2.35. The van der Waals surface area contributed by atoms with Crippen LogP contribution in [0.15, 0.2) is 61.2 Å². The molecule has 7 nitrogen and oxygen atoms in total. The third-order valence-corrected chi connectivity index (χ3v) is 5.38. The first-order valence-electron chi connectivity index (χ1n) is 10.1. The molecule has 0 radical (unpaired) electrons. The van der Waals surface area contributed by atoms with Crippen LogP contribution in [0, 0.1) is 5.92 Å². The summed E-state index contributed by atoms with van der Waals surface area (Å²) >= 11 is 0. The first kappa shape index (κ1) is 19.1. The number of amides is 1. The van der Waals surface area contributed by atoms with Crippen molar-refractivity contribution in [3.05, 3.63) is 66.7 Å². The highest BCUT2D eigenvalue weighted by Crippen LogP contribution is 2.24. The first-order chi connectivity index (χ1) is 14.2. The van der Waals surface area contributed by atoms with E-state index in [2.05, 4.69) is 32.1 Å². The third-order valence-electron chi connectivity index (χ3n) is 5.38. The van der Waals surface area contributed by atoms with Crippen LogP contribution >= 0.6 is 0 Å². The molecular formula is C22H26N6O. The van der Waals surface area contributed by atoms with Crippen molar-refractivity contribution in [2.24, 2.45) is 5.92 Å². The normalized spacial score (nSPS) is 16.6. The van der Waals surface area contributed by atoms with Gasteiger partial charge in [0.25, 0.3) is 0 Å².